The Morgan fingerprint density at radius 2 is 1.92 bits per heavy atom. The molecule has 1 N–H and O–H groups in total. The number of amides is 1. The van der Waals surface area contributed by atoms with Crippen LogP contribution in [0, 0.1) is 0 Å². The van der Waals surface area contributed by atoms with Crippen LogP contribution in [-0.4, -0.2) is 95.9 Å². The lowest BCUT2D eigenvalue weighted by Gasteiger charge is -2.43. The lowest BCUT2D eigenvalue weighted by atomic mass is 9.91. The van der Waals surface area contributed by atoms with E-state index < -0.39 is 5.60 Å². The number of aliphatic hydroxyl groups is 1. The molecular formula is C17H27N5O3. The number of hydrogen-bond acceptors (Lipinski definition) is 7. The second-order valence-electron chi connectivity index (χ2n) is 6.73. The van der Waals surface area contributed by atoms with Gasteiger partial charge in [0.2, 0.25) is 5.95 Å². The molecule has 25 heavy (non-hydrogen) atoms. The fourth-order valence-corrected chi connectivity index (χ4v) is 3.56. The van der Waals surface area contributed by atoms with E-state index in [1.807, 2.05) is 0 Å². The van der Waals surface area contributed by atoms with Crippen molar-refractivity contribution in [3.05, 3.63) is 18.5 Å². The first kappa shape index (κ1) is 18.0. The van der Waals surface area contributed by atoms with Gasteiger partial charge in [0.1, 0.15) is 0 Å². The molecule has 1 aromatic rings. The molecule has 2 saturated heterocycles. The van der Waals surface area contributed by atoms with Crippen LogP contribution in [0.5, 0.6) is 0 Å². The number of rotatable bonds is 6. The number of piperidine rings is 1. The zero-order valence-corrected chi connectivity index (χ0v) is 14.8. The Morgan fingerprint density at radius 3 is 2.60 bits per heavy atom. The summed E-state index contributed by atoms with van der Waals surface area (Å²) >= 11 is 0. The number of methoxy groups -OCH3 is 1. The molecule has 2 aliphatic rings. The number of carbonyl (C=O) groups excluding carboxylic acids is 1. The van der Waals surface area contributed by atoms with Crippen LogP contribution in [0.3, 0.4) is 0 Å². The Morgan fingerprint density at radius 1 is 1.20 bits per heavy atom. The Hall–Kier alpha value is -1.77. The maximum atomic E-state index is 12.7. The molecule has 1 atom stereocenters. The standard InChI is InChI=1S/C17H27N5O3/c1-25-13-12-21-7-2-4-17(24,15(21)23)14-20-8-10-22(11-9-20)16-18-5-3-6-19-16/h3,5-6,24H,2,4,7-14H2,1H3/t17-/m0/s1. The van der Waals surface area contributed by atoms with Gasteiger partial charge in [-0.1, -0.05) is 0 Å². The van der Waals surface area contributed by atoms with Gasteiger partial charge in [0, 0.05) is 65.3 Å². The molecule has 8 heteroatoms. The maximum absolute atomic E-state index is 12.7. The zero-order valence-electron chi connectivity index (χ0n) is 14.8. The normalized spacial score (nSPS) is 25.4. The third-order valence-electron chi connectivity index (χ3n) is 4.96. The Bertz CT molecular complexity index is 565. The molecule has 0 aliphatic carbocycles. The zero-order chi connectivity index (χ0) is 17.7. The van der Waals surface area contributed by atoms with E-state index in [1.54, 1.807) is 30.5 Å². The predicted molar refractivity (Wildman–Crippen MR) is 93.3 cm³/mol. The van der Waals surface area contributed by atoms with Crippen molar-refractivity contribution in [2.24, 2.45) is 0 Å². The first-order chi connectivity index (χ1) is 12.1. The second kappa shape index (κ2) is 8.07. The summed E-state index contributed by atoms with van der Waals surface area (Å²) in [5.41, 5.74) is -1.28. The van der Waals surface area contributed by atoms with Gasteiger partial charge in [-0.3, -0.25) is 9.69 Å². The molecule has 2 aliphatic heterocycles. The highest BCUT2D eigenvalue weighted by Gasteiger charge is 2.43. The molecule has 8 nitrogen and oxygen atoms in total. The average molecular weight is 349 g/mol. The van der Waals surface area contributed by atoms with Crippen LogP contribution < -0.4 is 4.90 Å². The largest absolute Gasteiger partial charge is 0.383 e. The SMILES string of the molecule is COCCN1CCC[C@](O)(CN2CCN(c3ncccn3)CC2)C1=O. The first-order valence-electron chi connectivity index (χ1n) is 8.87. The molecule has 2 fully saturated rings. The number of nitrogens with zero attached hydrogens (tertiary/aromatic N) is 5. The number of hydrogen-bond donors (Lipinski definition) is 1. The van der Waals surface area contributed by atoms with Gasteiger partial charge in [-0.05, 0) is 18.9 Å². The molecule has 3 heterocycles. The molecule has 0 saturated carbocycles. The van der Waals surface area contributed by atoms with Crippen molar-refractivity contribution < 1.29 is 14.6 Å². The fourth-order valence-electron chi connectivity index (χ4n) is 3.56. The van der Waals surface area contributed by atoms with Crippen LogP contribution in [0.25, 0.3) is 0 Å². The first-order valence-corrected chi connectivity index (χ1v) is 8.87. The molecule has 0 unspecified atom stereocenters. The van der Waals surface area contributed by atoms with Gasteiger partial charge < -0.3 is 19.6 Å². The quantitative estimate of drug-likeness (QED) is 0.748. The van der Waals surface area contributed by atoms with Crippen LogP contribution >= 0.6 is 0 Å². The van der Waals surface area contributed by atoms with E-state index in [2.05, 4.69) is 19.8 Å². The summed E-state index contributed by atoms with van der Waals surface area (Å²) in [6.07, 6.45) is 4.83. The van der Waals surface area contributed by atoms with Gasteiger partial charge >= 0.3 is 0 Å². The van der Waals surface area contributed by atoms with E-state index in [1.165, 1.54) is 0 Å². The maximum Gasteiger partial charge on any atom is 0.255 e. The number of carbonyl (C=O) groups is 1. The molecule has 0 radical (unpaired) electrons. The van der Waals surface area contributed by atoms with E-state index >= 15 is 0 Å². The topological polar surface area (TPSA) is 82.0 Å². The van der Waals surface area contributed by atoms with E-state index in [9.17, 15) is 9.90 Å². The van der Waals surface area contributed by atoms with E-state index in [0.29, 0.717) is 32.7 Å². The molecule has 1 aromatic heterocycles. The smallest absolute Gasteiger partial charge is 0.255 e. The summed E-state index contributed by atoms with van der Waals surface area (Å²) < 4.78 is 5.06. The summed E-state index contributed by atoms with van der Waals surface area (Å²) in [6, 6.07) is 1.80. The van der Waals surface area contributed by atoms with E-state index in [-0.39, 0.29) is 5.91 Å². The minimum absolute atomic E-state index is 0.162. The van der Waals surface area contributed by atoms with Gasteiger partial charge in [-0.25, -0.2) is 9.97 Å². The van der Waals surface area contributed by atoms with E-state index in [0.717, 1.165) is 38.5 Å². The van der Waals surface area contributed by atoms with Gasteiger partial charge in [0.05, 0.1) is 6.61 Å². The van der Waals surface area contributed by atoms with Crippen molar-refractivity contribution in [2.45, 2.75) is 18.4 Å². The Labute approximate surface area is 148 Å². The predicted octanol–water partition coefficient (Wildman–Crippen LogP) is -0.401. The Kier molecular flexibility index (Phi) is 5.82. The van der Waals surface area contributed by atoms with Gasteiger partial charge in [0.15, 0.2) is 5.60 Å². The average Bonchev–Trinajstić information content (AvgIpc) is 2.64. The second-order valence-corrected chi connectivity index (χ2v) is 6.73. The van der Waals surface area contributed by atoms with Crippen LogP contribution in [0.2, 0.25) is 0 Å². The molecule has 1 amide bonds. The number of likely N-dealkylation sites (tertiary alicyclic amines) is 1. The van der Waals surface area contributed by atoms with Crippen LogP contribution in [-0.2, 0) is 9.53 Å². The number of ether oxygens (including phenoxy) is 1. The Balaban J connectivity index is 1.54. The fraction of sp³-hybridized carbons (Fsp3) is 0.706. The summed E-state index contributed by atoms with van der Waals surface area (Å²) in [5.74, 6) is 0.574. The minimum atomic E-state index is -1.28. The molecule has 138 valence electrons. The van der Waals surface area contributed by atoms with Crippen molar-refractivity contribution in [3.8, 4) is 0 Å². The molecule has 0 bridgehead atoms. The number of β-amino-alcohol motifs (C(OH)–C–C–N with tert-alkyl or cyclic N) is 1. The number of aromatic nitrogens is 2. The highest BCUT2D eigenvalue weighted by atomic mass is 16.5. The minimum Gasteiger partial charge on any atom is -0.383 e. The van der Waals surface area contributed by atoms with Crippen LogP contribution in [0.15, 0.2) is 18.5 Å². The van der Waals surface area contributed by atoms with Crippen LogP contribution in [0.1, 0.15) is 12.8 Å². The molecule has 0 spiro atoms. The van der Waals surface area contributed by atoms with E-state index in [4.69, 9.17) is 4.74 Å². The third-order valence-corrected chi connectivity index (χ3v) is 4.96. The highest BCUT2D eigenvalue weighted by Crippen LogP contribution is 2.24. The van der Waals surface area contributed by atoms with Crippen LogP contribution in [0.4, 0.5) is 5.95 Å². The summed E-state index contributed by atoms with van der Waals surface area (Å²) in [6.45, 7) is 5.28. The van der Waals surface area contributed by atoms with Gasteiger partial charge in [-0.15, -0.1) is 0 Å². The van der Waals surface area contributed by atoms with Gasteiger partial charge in [0.25, 0.3) is 5.91 Å². The van der Waals surface area contributed by atoms with Crippen molar-refractivity contribution in [1.29, 1.82) is 0 Å². The molecule has 0 aromatic carbocycles. The lowest BCUT2D eigenvalue weighted by molar-refractivity contribution is -0.160. The van der Waals surface area contributed by atoms with Crippen molar-refractivity contribution in [1.82, 2.24) is 19.8 Å². The molecule has 3 rings (SSSR count). The van der Waals surface area contributed by atoms with Crippen molar-refractivity contribution >= 4 is 11.9 Å². The van der Waals surface area contributed by atoms with Gasteiger partial charge in [-0.2, -0.15) is 0 Å². The number of anilines is 1. The van der Waals surface area contributed by atoms with Crippen molar-refractivity contribution in [2.75, 3.05) is 64.4 Å². The summed E-state index contributed by atoms with van der Waals surface area (Å²) in [5, 5.41) is 10.9. The lowest BCUT2D eigenvalue weighted by Crippen LogP contribution is -2.61. The summed E-state index contributed by atoms with van der Waals surface area (Å²) in [7, 11) is 1.62. The monoisotopic (exact) mass is 349 g/mol. The highest BCUT2D eigenvalue weighted by molar-refractivity contribution is 5.86. The van der Waals surface area contributed by atoms with Crippen molar-refractivity contribution in [3.63, 3.8) is 0 Å². The third kappa shape index (κ3) is 4.26. The molecular weight excluding hydrogens is 322 g/mol. The summed E-state index contributed by atoms with van der Waals surface area (Å²) in [4.78, 5) is 27.3. The number of piperazine rings is 1.